The van der Waals surface area contributed by atoms with E-state index in [4.69, 9.17) is 4.74 Å². The van der Waals surface area contributed by atoms with Gasteiger partial charge in [0.25, 0.3) is 0 Å². The summed E-state index contributed by atoms with van der Waals surface area (Å²) in [4.78, 5) is 2.65. The van der Waals surface area contributed by atoms with Crippen molar-refractivity contribution >= 4 is 10.8 Å². The van der Waals surface area contributed by atoms with Crippen LogP contribution in [0.2, 0.25) is 0 Å². The van der Waals surface area contributed by atoms with Crippen LogP contribution >= 0.6 is 0 Å². The number of piperidine rings is 1. The SMILES string of the molecule is CC1CCN(CCCCCCOc2cccc3ccccc23)CC1. The number of hydrogen-bond acceptors (Lipinski definition) is 2. The molecule has 1 heterocycles. The molecule has 3 rings (SSSR count). The van der Waals surface area contributed by atoms with Crippen molar-refractivity contribution in [1.82, 2.24) is 4.90 Å². The number of fused-ring (bicyclic) bond motifs is 1. The minimum absolute atomic E-state index is 0.829. The molecule has 130 valence electrons. The van der Waals surface area contributed by atoms with Crippen LogP contribution in [-0.2, 0) is 0 Å². The van der Waals surface area contributed by atoms with Gasteiger partial charge in [0.05, 0.1) is 6.61 Å². The highest BCUT2D eigenvalue weighted by Crippen LogP contribution is 2.25. The first kappa shape index (κ1) is 17.3. The second kappa shape index (κ2) is 9.08. The number of rotatable bonds is 8. The third-order valence-corrected chi connectivity index (χ3v) is 5.25. The van der Waals surface area contributed by atoms with E-state index in [-0.39, 0.29) is 0 Å². The lowest BCUT2D eigenvalue weighted by molar-refractivity contribution is 0.188. The van der Waals surface area contributed by atoms with E-state index >= 15 is 0 Å². The molecule has 2 aromatic rings. The van der Waals surface area contributed by atoms with Crippen molar-refractivity contribution in [3.05, 3.63) is 42.5 Å². The Morgan fingerprint density at radius 3 is 2.54 bits per heavy atom. The van der Waals surface area contributed by atoms with E-state index in [1.54, 1.807) is 0 Å². The van der Waals surface area contributed by atoms with Gasteiger partial charge in [-0.25, -0.2) is 0 Å². The molecule has 0 saturated carbocycles. The molecule has 1 aliphatic rings. The summed E-state index contributed by atoms with van der Waals surface area (Å²) in [7, 11) is 0. The molecule has 1 fully saturated rings. The van der Waals surface area contributed by atoms with Crippen LogP contribution < -0.4 is 4.74 Å². The molecule has 0 aromatic heterocycles. The second-order valence-electron chi connectivity index (χ2n) is 7.26. The number of hydrogen-bond donors (Lipinski definition) is 0. The molecule has 24 heavy (non-hydrogen) atoms. The topological polar surface area (TPSA) is 12.5 Å². The fourth-order valence-electron chi connectivity index (χ4n) is 3.58. The van der Waals surface area contributed by atoms with Crippen LogP contribution in [0, 0.1) is 5.92 Å². The third-order valence-electron chi connectivity index (χ3n) is 5.25. The van der Waals surface area contributed by atoms with Crippen molar-refractivity contribution in [2.24, 2.45) is 5.92 Å². The highest BCUT2D eigenvalue weighted by Gasteiger charge is 2.14. The third kappa shape index (κ3) is 4.98. The molecule has 2 heteroatoms. The zero-order valence-electron chi connectivity index (χ0n) is 15.0. The molecule has 2 nitrogen and oxygen atoms in total. The maximum atomic E-state index is 6.02. The molecule has 0 amide bonds. The molecule has 0 radical (unpaired) electrons. The molecular formula is C22H31NO. The number of nitrogens with zero attached hydrogens (tertiary/aromatic N) is 1. The molecule has 0 spiro atoms. The van der Waals surface area contributed by atoms with Gasteiger partial charge in [0, 0.05) is 5.39 Å². The van der Waals surface area contributed by atoms with Crippen LogP contribution in [-0.4, -0.2) is 31.1 Å². The van der Waals surface area contributed by atoms with Crippen molar-refractivity contribution in [1.29, 1.82) is 0 Å². The van der Waals surface area contributed by atoms with Crippen LogP contribution in [0.5, 0.6) is 5.75 Å². The predicted molar refractivity (Wildman–Crippen MR) is 103 cm³/mol. The van der Waals surface area contributed by atoms with E-state index in [1.807, 2.05) is 0 Å². The Balaban J connectivity index is 1.30. The van der Waals surface area contributed by atoms with Crippen LogP contribution in [0.4, 0.5) is 0 Å². The smallest absolute Gasteiger partial charge is 0.127 e. The van der Waals surface area contributed by atoms with Crippen molar-refractivity contribution in [2.45, 2.75) is 45.4 Å². The molecule has 1 saturated heterocycles. The Kier molecular flexibility index (Phi) is 6.54. The number of unbranched alkanes of at least 4 members (excludes halogenated alkanes) is 3. The maximum absolute atomic E-state index is 6.02. The first-order chi connectivity index (χ1) is 11.8. The number of ether oxygens (including phenoxy) is 1. The first-order valence-corrected chi connectivity index (χ1v) is 9.66. The number of likely N-dealkylation sites (tertiary alicyclic amines) is 1. The van der Waals surface area contributed by atoms with Crippen molar-refractivity contribution in [3.8, 4) is 5.75 Å². The summed E-state index contributed by atoms with van der Waals surface area (Å²) in [6.07, 6.45) is 7.86. The normalized spacial score (nSPS) is 16.5. The summed E-state index contributed by atoms with van der Waals surface area (Å²) in [6, 6.07) is 14.7. The van der Waals surface area contributed by atoms with Gasteiger partial charge in [-0.05, 0) is 62.7 Å². The lowest BCUT2D eigenvalue weighted by atomic mass is 9.99. The molecule has 2 aromatic carbocycles. The Morgan fingerprint density at radius 1 is 0.917 bits per heavy atom. The molecular weight excluding hydrogens is 294 g/mol. The van der Waals surface area contributed by atoms with Gasteiger partial charge >= 0.3 is 0 Å². The monoisotopic (exact) mass is 325 g/mol. The fourth-order valence-corrected chi connectivity index (χ4v) is 3.58. The first-order valence-electron chi connectivity index (χ1n) is 9.66. The standard InChI is InChI=1S/C22H31NO/c1-19-13-16-23(17-14-19)15-6-2-3-7-18-24-22-12-8-10-20-9-4-5-11-21(20)22/h4-5,8-12,19H,2-3,6-7,13-18H2,1H3. The van der Waals surface area contributed by atoms with Crippen molar-refractivity contribution in [2.75, 3.05) is 26.2 Å². The minimum atomic E-state index is 0.829. The molecule has 0 bridgehead atoms. The van der Waals surface area contributed by atoms with E-state index in [9.17, 15) is 0 Å². The van der Waals surface area contributed by atoms with Gasteiger partial charge in [-0.1, -0.05) is 56.2 Å². The molecule has 0 atom stereocenters. The Hall–Kier alpha value is -1.54. The summed E-state index contributed by atoms with van der Waals surface area (Å²) < 4.78 is 6.02. The number of benzene rings is 2. The molecule has 1 aliphatic heterocycles. The predicted octanol–water partition coefficient (Wildman–Crippen LogP) is 5.51. The van der Waals surface area contributed by atoms with Gasteiger partial charge in [0.1, 0.15) is 5.75 Å². The van der Waals surface area contributed by atoms with E-state index in [0.717, 1.165) is 24.7 Å². The summed E-state index contributed by atoms with van der Waals surface area (Å²) in [5, 5.41) is 2.48. The Labute approximate surface area is 146 Å². The quantitative estimate of drug-likeness (QED) is 0.593. The van der Waals surface area contributed by atoms with Crippen LogP contribution in [0.1, 0.15) is 45.4 Å². The summed E-state index contributed by atoms with van der Waals surface area (Å²) in [5.74, 6) is 1.96. The summed E-state index contributed by atoms with van der Waals surface area (Å²) >= 11 is 0. The highest BCUT2D eigenvalue weighted by atomic mass is 16.5. The average Bonchev–Trinajstić information content (AvgIpc) is 2.62. The zero-order chi connectivity index (χ0) is 16.6. The van der Waals surface area contributed by atoms with Gasteiger partial charge in [-0.15, -0.1) is 0 Å². The Bertz CT molecular complexity index is 611. The van der Waals surface area contributed by atoms with Crippen molar-refractivity contribution in [3.63, 3.8) is 0 Å². The van der Waals surface area contributed by atoms with Gasteiger partial charge in [-0.2, -0.15) is 0 Å². The highest BCUT2D eigenvalue weighted by molar-refractivity contribution is 5.88. The van der Waals surface area contributed by atoms with Gasteiger partial charge in [-0.3, -0.25) is 0 Å². The second-order valence-corrected chi connectivity index (χ2v) is 7.26. The van der Waals surface area contributed by atoms with Crippen LogP contribution in [0.25, 0.3) is 10.8 Å². The van der Waals surface area contributed by atoms with E-state index < -0.39 is 0 Å². The van der Waals surface area contributed by atoms with Gasteiger partial charge in [0.2, 0.25) is 0 Å². The zero-order valence-corrected chi connectivity index (χ0v) is 15.0. The summed E-state index contributed by atoms with van der Waals surface area (Å²) in [6.45, 7) is 7.12. The van der Waals surface area contributed by atoms with Crippen LogP contribution in [0.15, 0.2) is 42.5 Å². The molecule has 0 N–H and O–H groups in total. The largest absolute Gasteiger partial charge is 0.493 e. The van der Waals surface area contributed by atoms with E-state index in [1.165, 1.54) is 62.5 Å². The van der Waals surface area contributed by atoms with Crippen molar-refractivity contribution < 1.29 is 4.74 Å². The lowest BCUT2D eigenvalue weighted by Crippen LogP contribution is -2.33. The van der Waals surface area contributed by atoms with E-state index in [2.05, 4.69) is 54.3 Å². The van der Waals surface area contributed by atoms with E-state index in [0.29, 0.717) is 0 Å². The van der Waals surface area contributed by atoms with Crippen LogP contribution in [0.3, 0.4) is 0 Å². The average molecular weight is 325 g/mol. The van der Waals surface area contributed by atoms with Gasteiger partial charge < -0.3 is 9.64 Å². The Morgan fingerprint density at radius 2 is 1.67 bits per heavy atom. The lowest BCUT2D eigenvalue weighted by Gasteiger charge is -2.30. The fraction of sp³-hybridized carbons (Fsp3) is 0.545. The minimum Gasteiger partial charge on any atom is -0.493 e. The molecule has 0 unspecified atom stereocenters. The molecule has 0 aliphatic carbocycles. The summed E-state index contributed by atoms with van der Waals surface area (Å²) in [5.41, 5.74) is 0. The van der Waals surface area contributed by atoms with Gasteiger partial charge in [0.15, 0.2) is 0 Å². The maximum Gasteiger partial charge on any atom is 0.127 e.